The van der Waals surface area contributed by atoms with E-state index in [4.69, 9.17) is 4.74 Å². The van der Waals surface area contributed by atoms with E-state index in [-0.39, 0.29) is 0 Å². The van der Waals surface area contributed by atoms with Gasteiger partial charge >= 0.3 is 0 Å². The first-order valence-corrected chi connectivity index (χ1v) is 11.0. The second-order valence-corrected chi connectivity index (χ2v) is 8.10. The van der Waals surface area contributed by atoms with Crippen molar-refractivity contribution in [2.75, 3.05) is 18.6 Å². The number of hydrogen-bond donors (Lipinski definition) is 0. The fourth-order valence-electron chi connectivity index (χ4n) is 4.63. The molecule has 1 aliphatic rings. The van der Waals surface area contributed by atoms with Crippen molar-refractivity contribution in [3.8, 4) is 28.0 Å². The Kier molecular flexibility index (Phi) is 5.45. The number of benzene rings is 4. The summed E-state index contributed by atoms with van der Waals surface area (Å²) in [4.78, 5) is 2.53. The topological polar surface area (TPSA) is 12.5 Å². The van der Waals surface area contributed by atoms with Crippen LogP contribution in [0.25, 0.3) is 22.3 Å². The van der Waals surface area contributed by atoms with E-state index < -0.39 is 0 Å². The second-order valence-electron chi connectivity index (χ2n) is 8.10. The lowest BCUT2D eigenvalue weighted by Crippen LogP contribution is -2.29. The van der Waals surface area contributed by atoms with Crippen LogP contribution >= 0.6 is 0 Å². The van der Waals surface area contributed by atoms with Crippen LogP contribution in [-0.4, -0.2) is 13.7 Å². The fourth-order valence-corrected chi connectivity index (χ4v) is 4.63. The van der Waals surface area contributed by atoms with E-state index >= 15 is 0 Å². The number of rotatable bonds is 5. The van der Waals surface area contributed by atoms with Crippen LogP contribution in [0, 0.1) is 0 Å². The Bertz CT molecular complexity index is 1150. The van der Waals surface area contributed by atoms with Gasteiger partial charge in [0.1, 0.15) is 5.75 Å². The molecule has 0 unspecified atom stereocenters. The largest absolute Gasteiger partial charge is 0.496 e. The summed E-state index contributed by atoms with van der Waals surface area (Å²) in [7, 11) is 1.78. The van der Waals surface area contributed by atoms with Gasteiger partial charge in [0.2, 0.25) is 0 Å². The van der Waals surface area contributed by atoms with Gasteiger partial charge in [-0.15, -0.1) is 0 Å². The maximum Gasteiger partial charge on any atom is 0.124 e. The van der Waals surface area contributed by atoms with Crippen LogP contribution in [0.4, 0.5) is 5.69 Å². The van der Waals surface area contributed by atoms with Gasteiger partial charge in [0, 0.05) is 24.2 Å². The molecular formula is C29H27NO. The summed E-state index contributed by atoms with van der Waals surface area (Å²) in [6.45, 7) is 1.95. The molecular weight excluding hydrogens is 378 g/mol. The zero-order valence-corrected chi connectivity index (χ0v) is 17.9. The number of hydrogen-bond acceptors (Lipinski definition) is 2. The monoisotopic (exact) mass is 405 g/mol. The number of fused-ring (bicyclic) bond motifs is 1. The van der Waals surface area contributed by atoms with Crippen LogP contribution < -0.4 is 9.64 Å². The van der Waals surface area contributed by atoms with E-state index in [0.29, 0.717) is 0 Å². The third-order valence-electron chi connectivity index (χ3n) is 6.15. The quantitative estimate of drug-likeness (QED) is 0.355. The van der Waals surface area contributed by atoms with Crippen molar-refractivity contribution >= 4 is 5.69 Å². The first kappa shape index (κ1) is 19.4. The molecule has 0 radical (unpaired) electrons. The lowest BCUT2D eigenvalue weighted by Gasteiger charge is -2.34. The van der Waals surface area contributed by atoms with Crippen LogP contribution in [-0.2, 0) is 13.0 Å². The highest BCUT2D eigenvalue weighted by molar-refractivity contribution is 5.83. The molecule has 4 aromatic rings. The van der Waals surface area contributed by atoms with E-state index in [1.807, 2.05) is 0 Å². The molecule has 0 saturated heterocycles. The molecule has 0 aliphatic carbocycles. The highest BCUT2D eigenvalue weighted by Crippen LogP contribution is 2.42. The van der Waals surface area contributed by atoms with Gasteiger partial charge in [0.15, 0.2) is 0 Å². The Labute approximate surface area is 184 Å². The summed E-state index contributed by atoms with van der Waals surface area (Å²) in [6.07, 6.45) is 2.20. The molecule has 0 aromatic heterocycles. The van der Waals surface area contributed by atoms with Crippen molar-refractivity contribution in [2.24, 2.45) is 0 Å². The summed E-state index contributed by atoms with van der Waals surface area (Å²) < 4.78 is 5.74. The van der Waals surface area contributed by atoms with E-state index in [9.17, 15) is 0 Å². The third kappa shape index (κ3) is 3.94. The zero-order valence-electron chi connectivity index (χ0n) is 17.9. The van der Waals surface area contributed by atoms with Crippen molar-refractivity contribution in [1.29, 1.82) is 0 Å². The van der Waals surface area contributed by atoms with E-state index in [1.54, 1.807) is 7.11 Å². The van der Waals surface area contributed by atoms with Crippen LogP contribution in [0.1, 0.15) is 17.5 Å². The molecule has 154 valence electrons. The number of ether oxygens (including phenoxy) is 1. The van der Waals surface area contributed by atoms with E-state index in [0.717, 1.165) is 31.7 Å². The van der Waals surface area contributed by atoms with Crippen LogP contribution in [0.15, 0.2) is 97.1 Å². The average Bonchev–Trinajstić information content (AvgIpc) is 2.85. The number of anilines is 1. The zero-order chi connectivity index (χ0) is 21.0. The maximum atomic E-state index is 5.74. The van der Waals surface area contributed by atoms with Crippen molar-refractivity contribution in [1.82, 2.24) is 0 Å². The lowest BCUT2D eigenvalue weighted by molar-refractivity contribution is 0.408. The molecule has 0 fully saturated rings. The molecule has 0 N–H and O–H groups in total. The van der Waals surface area contributed by atoms with Gasteiger partial charge in [-0.25, -0.2) is 0 Å². The van der Waals surface area contributed by atoms with E-state index in [2.05, 4.69) is 102 Å². The predicted molar refractivity (Wildman–Crippen MR) is 130 cm³/mol. The normalized spacial score (nSPS) is 13.0. The number of nitrogens with zero attached hydrogens (tertiary/aromatic N) is 1. The van der Waals surface area contributed by atoms with Gasteiger partial charge in [-0.2, -0.15) is 0 Å². The Morgan fingerprint density at radius 1 is 0.710 bits per heavy atom. The molecule has 0 saturated carbocycles. The van der Waals surface area contributed by atoms with Crippen LogP contribution in [0.2, 0.25) is 0 Å². The maximum absolute atomic E-state index is 5.74. The standard InChI is InChI=1S/C29H27NO/c1-31-28-19-18-26(25-11-6-3-7-12-25)29-27(28)13-8-20-30(29)21-22-14-16-24(17-15-22)23-9-4-2-5-10-23/h2-7,9-12,14-19H,8,13,20-21H2,1H3. The molecule has 1 heterocycles. The first-order valence-electron chi connectivity index (χ1n) is 11.0. The molecule has 5 rings (SSSR count). The van der Waals surface area contributed by atoms with Crippen LogP contribution in [0.3, 0.4) is 0 Å². The highest BCUT2D eigenvalue weighted by atomic mass is 16.5. The molecule has 0 amide bonds. The molecule has 1 aliphatic heterocycles. The fraction of sp³-hybridized carbons (Fsp3) is 0.172. The summed E-state index contributed by atoms with van der Waals surface area (Å²) in [5.74, 6) is 0.999. The van der Waals surface area contributed by atoms with Gasteiger partial charge in [0.25, 0.3) is 0 Å². The van der Waals surface area contributed by atoms with Crippen molar-refractivity contribution < 1.29 is 4.74 Å². The predicted octanol–water partition coefficient (Wildman–Crippen LogP) is 6.98. The minimum Gasteiger partial charge on any atom is -0.496 e. The molecule has 2 nitrogen and oxygen atoms in total. The summed E-state index contributed by atoms with van der Waals surface area (Å²) in [6, 6.07) is 34.6. The molecule has 0 bridgehead atoms. The van der Waals surface area contributed by atoms with Gasteiger partial charge < -0.3 is 9.64 Å². The second kappa shape index (κ2) is 8.69. The lowest BCUT2D eigenvalue weighted by atomic mass is 9.92. The van der Waals surface area contributed by atoms with Gasteiger partial charge in [-0.1, -0.05) is 84.9 Å². The molecule has 4 aromatic carbocycles. The van der Waals surface area contributed by atoms with Crippen molar-refractivity contribution in [3.63, 3.8) is 0 Å². The molecule has 0 atom stereocenters. The minimum absolute atomic E-state index is 0.898. The highest BCUT2D eigenvalue weighted by Gasteiger charge is 2.24. The SMILES string of the molecule is COc1ccc(-c2ccccc2)c2c1CCCN2Cc1ccc(-c2ccccc2)cc1. The summed E-state index contributed by atoms with van der Waals surface area (Å²) in [5, 5.41) is 0. The van der Waals surface area contributed by atoms with Crippen LogP contribution in [0.5, 0.6) is 5.75 Å². The Balaban J connectivity index is 1.50. The number of methoxy groups -OCH3 is 1. The Morgan fingerprint density at radius 2 is 1.35 bits per heavy atom. The first-order chi connectivity index (χ1) is 15.3. The summed E-state index contributed by atoms with van der Waals surface area (Å²) >= 11 is 0. The molecule has 2 heteroatoms. The Morgan fingerprint density at radius 3 is 2.03 bits per heavy atom. The Hall–Kier alpha value is -3.52. The molecule has 0 spiro atoms. The van der Waals surface area contributed by atoms with Crippen molar-refractivity contribution in [2.45, 2.75) is 19.4 Å². The van der Waals surface area contributed by atoms with Gasteiger partial charge in [0.05, 0.1) is 12.8 Å². The molecule has 31 heavy (non-hydrogen) atoms. The smallest absolute Gasteiger partial charge is 0.124 e. The summed E-state index contributed by atoms with van der Waals surface area (Å²) in [5.41, 5.74) is 9.04. The minimum atomic E-state index is 0.898. The van der Waals surface area contributed by atoms with E-state index in [1.165, 1.54) is 39.1 Å². The van der Waals surface area contributed by atoms with Crippen molar-refractivity contribution in [3.05, 3.63) is 108 Å². The van der Waals surface area contributed by atoms with Gasteiger partial charge in [-0.3, -0.25) is 0 Å². The third-order valence-corrected chi connectivity index (χ3v) is 6.15. The van der Waals surface area contributed by atoms with Gasteiger partial charge in [-0.05, 0) is 47.2 Å². The average molecular weight is 406 g/mol.